The van der Waals surface area contributed by atoms with E-state index in [2.05, 4.69) is 6.92 Å². The molecule has 4 N–H and O–H groups in total. The largest absolute Gasteiger partial charge is 0.314 e. The summed E-state index contributed by atoms with van der Waals surface area (Å²) in [6, 6.07) is 0. The summed E-state index contributed by atoms with van der Waals surface area (Å²) in [4.78, 5) is 0. The zero-order chi connectivity index (χ0) is 9.45. The molecule has 2 heteroatoms. The van der Waals surface area contributed by atoms with Crippen LogP contribution in [0, 0.1) is 0 Å². The van der Waals surface area contributed by atoms with Crippen molar-refractivity contribution in [2.24, 2.45) is 11.5 Å². The van der Waals surface area contributed by atoms with E-state index in [1.54, 1.807) is 0 Å². The molecule has 0 saturated carbocycles. The molecule has 0 heterocycles. The monoisotopic (exact) mass is 172 g/mol. The zero-order valence-corrected chi connectivity index (χ0v) is 8.60. The first-order chi connectivity index (χ1) is 5.62. The summed E-state index contributed by atoms with van der Waals surface area (Å²) in [5.74, 6) is 0. The van der Waals surface area contributed by atoms with E-state index in [1.165, 1.54) is 32.1 Å². The average Bonchev–Trinajstić information content (AvgIpc) is 2.04. The van der Waals surface area contributed by atoms with Gasteiger partial charge in [0.2, 0.25) is 0 Å². The molecule has 0 aromatic heterocycles. The summed E-state index contributed by atoms with van der Waals surface area (Å²) in [5, 5.41) is 0. The van der Waals surface area contributed by atoms with E-state index in [-0.39, 0.29) is 0 Å². The smallest absolute Gasteiger partial charge is 0.0633 e. The third-order valence-corrected chi connectivity index (χ3v) is 2.40. The number of nitrogens with two attached hydrogens (primary N) is 2. The fourth-order valence-corrected chi connectivity index (χ4v) is 1.23. The van der Waals surface area contributed by atoms with Crippen LogP contribution in [-0.4, -0.2) is 5.66 Å². The quantitative estimate of drug-likeness (QED) is 0.457. The van der Waals surface area contributed by atoms with Crippen LogP contribution in [0.1, 0.15) is 58.8 Å². The molecule has 0 amide bonds. The van der Waals surface area contributed by atoms with Gasteiger partial charge in [-0.3, -0.25) is 0 Å². The predicted octanol–water partition coefficient (Wildman–Crippen LogP) is 2.37. The molecule has 0 fully saturated rings. The van der Waals surface area contributed by atoms with Gasteiger partial charge in [0.25, 0.3) is 0 Å². The predicted molar refractivity (Wildman–Crippen MR) is 54.8 cm³/mol. The lowest BCUT2D eigenvalue weighted by Gasteiger charge is -2.22. The molecule has 0 rings (SSSR count). The van der Waals surface area contributed by atoms with Crippen LogP contribution in [-0.2, 0) is 0 Å². The van der Waals surface area contributed by atoms with Crippen LogP contribution in [0.5, 0.6) is 0 Å². The minimum absolute atomic E-state index is 0.411. The fraction of sp³-hybridized carbons (Fsp3) is 1.00. The van der Waals surface area contributed by atoms with Crippen molar-refractivity contribution in [2.75, 3.05) is 0 Å². The molecule has 0 atom stereocenters. The van der Waals surface area contributed by atoms with Gasteiger partial charge in [0.1, 0.15) is 0 Å². The lowest BCUT2D eigenvalue weighted by atomic mass is 10.0. The molecule has 74 valence electrons. The van der Waals surface area contributed by atoms with E-state index in [0.717, 1.165) is 12.8 Å². The van der Waals surface area contributed by atoms with Crippen LogP contribution < -0.4 is 11.5 Å². The average molecular weight is 172 g/mol. The number of hydrogen-bond acceptors (Lipinski definition) is 2. The van der Waals surface area contributed by atoms with Crippen LogP contribution in [0.2, 0.25) is 0 Å². The lowest BCUT2D eigenvalue weighted by molar-refractivity contribution is 0.375. The minimum Gasteiger partial charge on any atom is -0.314 e. The number of rotatable bonds is 7. The third-order valence-electron chi connectivity index (χ3n) is 2.40. The summed E-state index contributed by atoms with van der Waals surface area (Å²) in [7, 11) is 0. The van der Waals surface area contributed by atoms with E-state index in [0.29, 0.717) is 0 Å². The second-order valence-electron chi connectivity index (χ2n) is 3.75. The van der Waals surface area contributed by atoms with Crippen molar-refractivity contribution < 1.29 is 0 Å². The first-order valence-corrected chi connectivity index (χ1v) is 5.20. The molecule has 12 heavy (non-hydrogen) atoms. The fourth-order valence-electron chi connectivity index (χ4n) is 1.23. The molecule has 0 aromatic rings. The van der Waals surface area contributed by atoms with Gasteiger partial charge in [0.15, 0.2) is 0 Å². The molecular formula is C10H24N2. The Balaban J connectivity index is 3.19. The molecule has 0 aliphatic carbocycles. The van der Waals surface area contributed by atoms with Crippen molar-refractivity contribution in [3.05, 3.63) is 0 Å². The maximum atomic E-state index is 5.81. The summed E-state index contributed by atoms with van der Waals surface area (Å²) in [5.41, 5.74) is 11.2. The van der Waals surface area contributed by atoms with Crippen molar-refractivity contribution >= 4 is 0 Å². The summed E-state index contributed by atoms with van der Waals surface area (Å²) >= 11 is 0. The summed E-state index contributed by atoms with van der Waals surface area (Å²) < 4.78 is 0. The highest BCUT2D eigenvalue weighted by Crippen LogP contribution is 2.11. The normalized spacial score (nSPS) is 12.0. The van der Waals surface area contributed by atoms with Crippen molar-refractivity contribution in [2.45, 2.75) is 64.5 Å². The summed E-state index contributed by atoms with van der Waals surface area (Å²) in [6.45, 7) is 4.27. The SMILES string of the molecule is CCCCCCCC(N)(N)CC. The third kappa shape index (κ3) is 6.62. The van der Waals surface area contributed by atoms with Crippen molar-refractivity contribution in [3.8, 4) is 0 Å². The van der Waals surface area contributed by atoms with Gasteiger partial charge in [-0.05, 0) is 12.8 Å². The Morgan fingerprint density at radius 3 is 2.00 bits per heavy atom. The highest BCUT2D eigenvalue weighted by molar-refractivity contribution is 4.73. The van der Waals surface area contributed by atoms with Crippen LogP contribution in [0.25, 0.3) is 0 Å². The van der Waals surface area contributed by atoms with Gasteiger partial charge >= 0.3 is 0 Å². The number of hydrogen-bond donors (Lipinski definition) is 2. The second-order valence-corrected chi connectivity index (χ2v) is 3.75. The Kier molecular flexibility index (Phi) is 6.39. The summed E-state index contributed by atoms with van der Waals surface area (Å²) in [6.07, 6.45) is 8.27. The Morgan fingerprint density at radius 1 is 0.917 bits per heavy atom. The van der Waals surface area contributed by atoms with Crippen LogP contribution in [0.4, 0.5) is 0 Å². The van der Waals surface area contributed by atoms with Crippen LogP contribution in [0.15, 0.2) is 0 Å². The topological polar surface area (TPSA) is 52.0 Å². The number of unbranched alkanes of at least 4 members (excludes halogenated alkanes) is 4. The Bertz CT molecular complexity index is 100. The lowest BCUT2D eigenvalue weighted by Crippen LogP contribution is -2.48. The standard InChI is InChI=1S/C10H24N2/c1-3-5-6-7-8-9-10(11,12)4-2/h3-9,11-12H2,1-2H3. The van der Waals surface area contributed by atoms with E-state index < -0.39 is 5.66 Å². The van der Waals surface area contributed by atoms with Gasteiger partial charge < -0.3 is 11.5 Å². The molecule has 0 radical (unpaired) electrons. The molecular weight excluding hydrogens is 148 g/mol. The van der Waals surface area contributed by atoms with Gasteiger partial charge in [-0.2, -0.15) is 0 Å². The van der Waals surface area contributed by atoms with Crippen molar-refractivity contribution in [1.82, 2.24) is 0 Å². The van der Waals surface area contributed by atoms with E-state index in [9.17, 15) is 0 Å². The molecule has 0 bridgehead atoms. The molecule has 2 nitrogen and oxygen atoms in total. The molecule has 0 aliphatic heterocycles. The van der Waals surface area contributed by atoms with E-state index >= 15 is 0 Å². The van der Waals surface area contributed by atoms with Crippen LogP contribution >= 0.6 is 0 Å². The first kappa shape index (κ1) is 11.9. The first-order valence-electron chi connectivity index (χ1n) is 5.20. The molecule has 0 aliphatic rings. The zero-order valence-electron chi connectivity index (χ0n) is 8.60. The molecule has 0 unspecified atom stereocenters. The molecule has 0 aromatic carbocycles. The van der Waals surface area contributed by atoms with Gasteiger partial charge in [0, 0.05) is 0 Å². The van der Waals surface area contributed by atoms with Gasteiger partial charge in [-0.1, -0.05) is 46.0 Å². The Labute approximate surface area is 76.7 Å². The molecule has 0 spiro atoms. The highest BCUT2D eigenvalue weighted by Gasteiger charge is 2.14. The van der Waals surface area contributed by atoms with Crippen LogP contribution in [0.3, 0.4) is 0 Å². The van der Waals surface area contributed by atoms with Gasteiger partial charge in [-0.25, -0.2) is 0 Å². The minimum atomic E-state index is -0.411. The van der Waals surface area contributed by atoms with Gasteiger partial charge in [-0.15, -0.1) is 0 Å². The van der Waals surface area contributed by atoms with Crippen molar-refractivity contribution in [1.29, 1.82) is 0 Å². The van der Waals surface area contributed by atoms with Gasteiger partial charge in [0.05, 0.1) is 5.66 Å². The molecule has 0 saturated heterocycles. The maximum Gasteiger partial charge on any atom is 0.0633 e. The van der Waals surface area contributed by atoms with E-state index in [4.69, 9.17) is 11.5 Å². The van der Waals surface area contributed by atoms with E-state index in [1.807, 2.05) is 6.92 Å². The maximum absolute atomic E-state index is 5.81. The second kappa shape index (κ2) is 6.44. The Morgan fingerprint density at radius 2 is 1.50 bits per heavy atom. The van der Waals surface area contributed by atoms with Crippen molar-refractivity contribution in [3.63, 3.8) is 0 Å². The Hall–Kier alpha value is -0.0800. The highest BCUT2D eigenvalue weighted by atomic mass is 14.9.